The van der Waals surface area contributed by atoms with E-state index in [4.69, 9.17) is 14.2 Å². The summed E-state index contributed by atoms with van der Waals surface area (Å²) < 4.78 is 17.0. The molecule has 7 nitrogen and oxygen atoms in total. The first kappa shape index (κ1) is 41.4. The van der Waals surface area contributed by atoms with Crippen LogP contribution in [0.4, 0.5) is 0 Å². The second kappa shape index (κ2) is 23.7. The van der Waals surface area contributed by atoms with Crippen molar-refractivity contribution in [1.29, 1.82) is 0 Å². The minimum atomic E-state index is -0.432. The highest BCUT2D eigenvalue weighted by molar-refractivity contribution is 5.69. The fourth-order valence-electron chi connectivity index (χ4n) is 4.62. The number of rotatable bonds is 16. The lowest BCUT2D eigenvalue weighted by Gasteiger charge is -2.43. The summed E-state index contributed by atoms with van der Waals surface area (Å²) in [6.07, 6.45) is 9.97. The molecule has 2 saturated heterocycles. The lowest BCUT2D eigenvalue weighted by molar-refractivity contribution is -0.227. The highest BCUT2D eigenvalue weighted by Gasteiger charge is 2.49. The molecule has 2 aliphatic heterocycles. The van der Waals surface area contributed by atoms with Crippen molar-refractivity contribution >= 4 is 5.97 Å². The Balaban J connectivity index is -0.000000961. The van der Waals surface area contributed by atoms with Gasteiger partial charge in [0.25, 0.3) is 0 Å². The number of carbonyl (C=O) groups excluding carboxylic acids is 1. The Morgan fingerprint density at radius 3 is 1.80 bits per heavy atom. The summed E-state index contributed by atoms with van der Waals surface area (Å²) in [5.41, 5.74) is 0. The van der Waals surface area contributed by atoms with Gasteiger partial charge in [-0.15, -0.1) is 0 Å². The lowest BCUT2D eigenvalue weighted by atomic mass is 9.80. The van der Waals surface area contributed by atoms with Gasteiger partial charge in [-0.2, -0.15) is 0 Å². The SMILES string of the molecule is C.C.C.C.C.CCCCCCCCCCCC(=O)OC1COC1C(CO)C1OCC(CO)C1CO. The molecular formula is C28H62O7. The van der Waals surface area contributed by atoms with E-state index >= 15 is 0 Å². The number of aliphatic hydroxyl groups is 3. The largest absolute Gasteiger partial charge is 0.457 e. The van der Waals surface area contributed by atoms with E-state index in [1.165, 1.54) is 38.5 Å². The van der Waals surface area contributed by atoms with E-state index in [2.05, 4.69) is 6.92 Å². The Hall–Kier alpha value is -0.730. The van der Waals surface area contributed by atoms with Crippen molar-refractivity contribution < 1.29 is 34.3 Å². The van der Waals surface area contributed by atoms with Gasteiger partial charge in [0.1, 0.15) is 6.10 Å². The van der Waals surface area contributed by atoms with Gasteiger partial charge in [-0.25, -0.2) is 0 Å². The molecule has 0 aromatic heterocycles. The van der Waals surface area contributed by atoms with Gasteiger partial charge in [0.2, 0.25) is 0 Å². The molecule has 0 radical (unpaired) electrons. The highest BCUT2D eigenvalue weighted by Crippen LogP contribution is 2.37. The smallest absolute Gasteiger partial charge is 0.306 e. The third kappa shape index (κ3) is 12.9. The average molecular weight is 511 g/mol. The molecule has 216 valence electrons. The van der Waals surface area contributed by atoms with Gasteiger partial charge in [0.15, 0.2) is 6.10 Å². The van der Waals surface area contributed by atoms with Crippen molar-refractivity contribution in [3.05, 3.63) is 0 Å². The first-order chi connectivity index (χ1) is 14.7. The molecule has 6 unspecified atom stereocenters. The molecule has 35 heavy (non-hydrogen) atoms. The maximum absolute atomic E-state index is 12.2. The normalized spacial score (nSPS) is 25.3. The first-order valence-corrected chi connectivity index (χ1v) is 11.9. The van der Waals surface area contributed by atoms with Gasteiger partial charge in [-0.3, -0.25) is 4.79 Å². The first-order valence-electron chi connectivity index (χ1n) is 11.9. The number of esters is 1. The number of carbonyl (C=O) groups is 1. The second-order valence-electron chi connectivity index (χ2n) is 8.84. The molecule has 2 rings (SSSR count). The topological polar surface area (TPSA) is 105 Å². The van der Waals surface area contributed by atoms with Gasteiger partial charge in [0, 0.05) is 37.4 Å². The monoisotopic (exact) mass is 510 g/mol. The van der Waals surface area contributed by atoms with Crippen LogP contribution in [-0.4, -0.2) is 72.6 Å². The van der Waals surface area contributed by atoms with Crippen LogP contribution in [0.1, 0.15) is 108 Å². The third-order valence-electron chi connectivity index (χ3n) is 6.62. The molecule has 3 N–H and O–H groups in total. The van der Waals surface area contributed by atoms with E-state index in [0.29, 0.717) is 19.6 Å². The summed E-state index contributed by atoms with van der Waals surface area (Å²) in [6, 6.07) is 0. The Labute approximate surface area is 217 Å². The van der Waals surface area contributed by atoms with Crippen molar-refractivity contribution in [2.45, 2.75) is 127 Å². The predicted octanol–water partition coefficient (Wildman–Crippen LogP) is 5.62. The van der Waals surface area contributed by atoms with Crippen molar-refractivity contribution in [3.63, 3.8) is 0 Å². The molecule has 2 fully saturated rings. The quantitative estimate of drug-likeness (QED) is 0.183. The summed E-state index contributed by atoms with van der Waals surface area (Å²) in [7, 11) is 0. The zero-order valence-corrected chi connectivity index (χ0v) is 18.5. The minimum absolute atomic E-state index is 0. The van der Waals surface area contributed by atoms with Crippen molar-refractivity contribution in [2.24, 2.45) is 17.8 Å². The van der Waals surface area contributed by atoms with Crippen LogP contribution in [0.3, 0.4) is 0 Å². The molecule has 0 aliphatic carbocycles. The molecule has 0 aromatic rings. The van der Waals surface area contributed by atoms with Gasteiger partial charge < -0.3 is 29.5 Å². The highest BCUT2D eigenvalue weighted by atomic mass is 16.6. The fraction of sp³-hybridized carbons (Fsp3) is 0.964. The van der Waals surface area contributed by atoms with Crippen LogP contribution < -0.4 is 0 Å². The van der Waals surface area contributed by atoms with Gasteiger partial charge in [-0.05, 0) is 6.42 Å². The van der Waals surface area contributed by atoms with Crippen LogP contribution in [0.15, 0.2) is 0 Å². The number of hydrogen-bond acceptors (Lipinski definition) is 7. The van der Waals surface area contributed by atoms with E-state index in [1.54, 1.807) is 0 Å². The molecular weight excluding hydrogens is 448 g/mol. The summed E-state index contributed by atoms with van der Waals surface area (Å²) in [4.78, 5) is 12.2. The summed E-state index contributed by atoms with van der Waals surface area (Å²) in [5.74, 6) is -1.01. The van der Waals surface area contributed by atoms with E-state index < -0.39 is 18.1 Å². The molecule has 0 amide bonds. The minimum Gasteiger partial charge on any atom is -0.457 e. The van der Waals surface area contributed by atoms with Gasteiger partial charge in [0.05, 0.1) is 25.9 Å². The maximum atomic E-state index is 12.2. The summed E-state index contributed by atoms with van der Waals surface area (Å²) >= 11 is 0. The van der Waals surface area contributed by atoms with Crippen molar-refractivity contribution in [1.82, 2.24) is 0 Å². The molecule has 2 heterocycles. The molecule has 7 heteroatoms. The van der Waals surface area contributed by atoms with Gasteiger partial charge in [-0.1, -0.05) is 95.4 Å². The average Bonchev–Trinajstić information content (AvgIpc) is 3.16. The Morgan fingerprint density at radius 2 is 1.34 bits per heavy atom. The third-order valence-corrected chi connectivity index (χ3v) is 6.62. The zero-order valence-electron chi connectivity index (χ0n) is 18.5. The predicted molar refractivity (Wildman–Crippen MR) is 147 cm³/mol. The molecule has 0 bridgehead atoms. The van der Waals surface area contributed by atoms with Crippen molar-refractivity contribution in [3.8, 4) is 0 Å². The molecule has 6 atom stereocenters. The van der Waals surface area contributed by atoms with Crippen molar-refractivity contribution in [2.75, 3.05) is 33.0 Å². The summed E-state index contributed by atoms with van der Waals surface area (Å²) in [5, 5.41) is 29.0. The lowest BCUT2D eigenvalue weighted by Crippen LogP contribution is -2.56. The van der Waals surface area contributed by atoms with E-state index in [1.807, 2.05) is 0 Å². The fourth-order valence-corrected chi connectivity index (χ4v) is 4.62. The van der Waals surface area contributed by atoms with Gasteiger partial charge >= 0.3 is 5.97 Å². The van der Waals surface area contributed by atoms with Crippen LogP contribution in [0.5, 0.6) is 0 Å². The standard InChI is InChI=1S/C23H42O7.5CH4/c1-2-3-4-5-6-7-8-9-10-11-21(27)30-20-16-29-23(20)19(14-26)22-18(13-25)17(12-24)15-28-22;;;;;/h17-20,22-26H,2-16H2,1H3;5*1H4. The van der Waals surface area contributed by atoms with E-state index in [0.717, 1.165) is 19.3 Å². The molecule has 0 spiro atoms. The van der Waals surface area contributed by atoms with Crippen LogP contribution in [0, 0.1) is 17.8 Å². The number of unbranched alkanes of at least 4 members (excludes halogenated alkanes) is 8. The maximum Gasteiger partial charge on any atom is 0.306 e. The Bertz CT molecular complexity index is 474. The van der Waals surface area contributed by atoms with Crippen LogP contribution >= 0.6 is 0 Å². The number of ether oxygens (including phenoxy) is 3. The van der Waals surface area contributed by atoms with Crippen LogP contribution in [0.25, 0.3) is 0 Å². The zero-order chi connectivity index (χ0) is 21.8. The molecule has 0 aromatic carbocycles. The number of hydrogen-bond donors (Lipinski definition) is 3. The van der Waals surface area contributed by atoms with E-state index in [9.17, 15) is 20.1 Å². The molecule has 0 saturated carbocycles. The Kier molecular flexibility index (Phi) is 28.0. The summed E-state index contributed by atoms with van der Waals surface area (Å²) in [6.45, 7) is 2.52. The number of aliphatic hydroxyl groups excluding tert-OH is 3. The van der Waals surface area contributed by atoms with Crippen LogP contribution in [-0.2, 0) is 19.0 Å². The van der Waals surface area contributed by atoms with E-state index in [-0.39, 0.29) is 80.9 Å². The molecule has 2 aliphatic rings. The second-order valence-corrected chi connectivity index (χ2v) is 8.84. The van der Waals surface area contributed by atoms with Crippen LogP contribution in [0.2, 0.25) is 0 Å². The Morgan fingerprint density at radius 1 is 0.800 bits per heavy atom.